The Hall–Kier alpha value is -1.55. The lowest BCUT2D eigenvalue weighted by Gasteiger charge is -2.07. The van der Waals surface area contributed by atoms with Crippen molar-refractivity contribution in [2.75, 3.05) is 7.11 Å². The average molecular weight is 262 g/mol. The highest BCUT2D eigenvalue weighted by molar-refractivity contribution is 8.03. The summed E-state index contributed by atoms with van der Waals surface area (Å²) in [5, 5.41) is 0. The number of rotatable bonds is 1. The largest absolute Gasteiger partial charge is 0.465 e. The van der Waals surface area contributed by atoms with Crippen LogP contribution in [0.4, 0.5) is 0 Å². The zero-order valence-electron chi connectivity index (χ0n) is 10.6. The number of benzene rings is 1. The molecule has 0 amide bonds. The van der Waals surface area contributed by atoms with Crippen molar-refractivity contribution in [2.24, 2.45) is 0 Å². The summed E-state index contributed by atoms with van der Waals surface area (Å²) in [7, 11) is 1.35. The van der Waals surface area contributed by atoms with Gasteiger partial charge in [-0.2, -0.15) is 0 Å². The first-order valence-corrected chi connectivity index (χ1v) is 6.44. The van der Waals surface area contributed by atoms with E-state index in [1.807, 2.05) is 19.9 Å². The number of carbonyl (C=O) groups is 2. The van der Waals surface area contributed by atoms with Gasteiger partial charge < -0.3 is 4.74 Å². The Kier molecular flexibility index (Phi) is 3.57. The lowest BCUT2D eigenvalue weighted by Crippen LogP contribution is -2.06. The monoisotopic (exact) mass is 262 g/mol. The van der Waals surface area contributed by atoms with Gasteiger partial charge in [-0.15, -0.1) is 0 Å². The number of esters is 1. The predicted molar refractivity (Wildman–Crippen MR) is 70.7 cm³/mol. The van der Waals surface area contributed by atoms with Crippen LogP contribution in [0.5, 0.6) is 0 Å². The van der Waals surface area contributed by atoms with E-state index in [-0.39, 0.29) is 11.8 Å². The van der Waals surface area contributed by atoms with Gasteiger partial charge in [0.15, 0.2) is 5.78 Å². The minimum absolute atomic E-state index is 0.112. The number of hydrogen-bond donors (Lipinski definition) is 0. The van der Waals surface area contributed by atoms with Crippen LogP contribution < -0.4 is 0 Å². The normalized spacial score (nSPS) is 15.2. The molecule has 1 aromatic rings. The van der Waals surface area contributed by atoms with E-state index in [9.17, 15) is 9.59 Å². The van der Waals surface area contributed by atoms with Crippen LogP contribution in [0.3, 0.4) is 0 Å². The fraction of sp³-hybridized carbons (Fsp3) is 0.286. The summed E-state index contributed by atoms with van der Waals surface area (Å²) in [5.74, 6) is -0.262. The van der Waals surface area contributed by atoms with Gasteiger partial charge >= 0.3 is 5.97 Å². The average Bonchev–Trinajstić information content (AvgIpc) is 2.47. The smallest absolute Gasteiger partial charge is 0.337 e. The predicted octanol–water partition coefficient (Wildman–Crippen LogP) is 2.98. The van der Waals surface area contributed by atoms with E-state index in [0.29, 0.717) is 12.0 Å². The van der Waals surface area contributed by atoms with Crippen LogP contribution in [-0.4, -0.2) is 18.9 Å². The van der Waals surface area contributed by atoms with E-state index in [1.165, 1.54) is 7.11 Å². The minimum Gasteiger partial charge on any atom is -0.465 e. The molecule has 0 atom stereocenters. The number of methoxy groups -OCH3 is 1. The lowest BCUT2D eigenvalue weighted by molar-refractivity contribution is -0.114. The SMILES string of the molecule is COC(=O)c1ccc2c(c1)CC(=O)C(C)=C(C)S2. The van der Waals surface area contributed by atoms with E-state index >= 15 is 0 Å². The van der Waals surface area contributed by atoms with Crippen LogP contribution in [0, 0.1) is 0 Å². The van der Waals surface area contributed by atoms with Crippen molar-refractivity contribution in [3.8, 4) is 0 Å². The van der Waals surface area contributed by atoms with Gasteiger partial charge in [0.05, 0.1) is 12.7 Å². The van der Waals surface area contributed by atoms with Crippen molar-refractivity contribution in [1.82, 2.24) is 0 Å². The van der Waals surface area contributed by atoms with Crippen LogP contribution in [0.2, 0.25) is 0 Å². The molecule has 0 radical (unpaired) electrons. The molecule has 1 aliphatic heterocycles. The van der Waals surface area contributed by atoms with E-state index in [2.05, 4.69) is 4.74 Å². The maximum atomic E-state index is 12.0. The number of hydrogen-bond acceptors (Lipinski definition) is 4. The van der Waals surface area contributed by atoms with Gasteiger partial charge in [-0.05, 0) is 42.5 Å². The Morgan fingerprint density at radius 3 is 2.72 bits per heavy atom. The van der Waals surface area contributed by atoms with E-state index in [1.54, 1.807) is 23.9 Å². The molecule has 94 valence electrons. The summed E-state index contributed by atoms with van der Waals surface area (Å²) in [6, 6.07) is 5.36. The molecular weight excluding hydrogens is 248 g/mol. The number of ketones is 1. The maximum Gasteiger partial charge on any atom is 0.337 e. The second-order valence-electron chi connectivity index (χ2n) is 4.20. The highest BCUT2D eigenvalue weighted by Crippen LogP contribution is 2.35. The van der Waals surface area contributed by atoms with Gasteiger partial charge in [-0.25, -0.2) is 4.79 Å². The Bertz CT molecular complexity index is 558. The Balaban J connectivity index is 2.44. The van der Waals surface area contributed by atoms with Crippen molar-refractivity contribution in [2.45, 2.75) is 25.2 Å². The molecule has 3 nitrogen and oxygen atoms in total. The molecule has 18 heavy (non-hydrogen) atoms. The van der Waals surface area contributed by atoms with Gasteiger partial charge in [0, 0.05) is 16.9 Å². The minimum atomic E-state index is -0.374. The Labute approximate surface area is 110 Å². The molecule has 1 aliphatic rings. The molecule has 4 heteroatoms. The summed E-state index contributed by atoms with van der Waals surface area (Å²) in [4.78, 5) is 25.5. The second kappa shape index (κ2) is 4.98. The second-order valence-corrected chi connectivity index (χ2v) is 5.45. The van der Waals surface area contributed by atoms with Crippen molar-refractivity contribution < 1.29 is 14.3 Å². The van der Waals surface area contributed by atoms with Crippen LogP contribution in [-0.2, 0) is 16.0 Å². The standard InChI is InChI=1S/C14H14O3S/c1-8-9(2)18-13-5-4-10(14(16)17-3)6-11(13)7-12(8)15/h4-6H,7H2,1-3H3. The molecule has 0 fully saturated rings. The molecule has 1 aromatic carbocycles. The molecule has 0 spiro atoms. The Morgan fingerprint density at radius 2 is 2.06 bits per heavy atom. The van der Waals surface area contributed by atoms with Gasteiger partial charge in [0.2, 0.25) is 0 Å². The van der Waals surface area contributed by atoms with E-state index < -0.39 is 0 Å². The number of Topliss-reactive ketones (excluding diaryl/α,β-unsaturated/α-hetero) is 1. The summed E-state index contributed by atoms with van der Waals surface area (Å²) >= 11 is 1.58. The van der Waals surface area contributed by atoms with Crippen molar-refractivity contribution in [3.63, 3.8) is 0 Å². The molecule has 0 N–H and O–H groups in total. The fourth-order valence-electron chi connectivity index (χ4n) is 1.81. The number of carbonyl (C=O) groups excluding carboxylic acids is 2. The molecule has 0 saturated carbocycles. The number of ether oxygens (including phenoxy) is 1. The molecule has 0 aromatic heterocycles. The molecule has 0 saturated heterocycles. The van der Waals surface area contributed by atoms with Crippen molar-refractivity contribution in [3.05, 3.63) is 39.8 Å². The van der Waals surface area contributed by atoms with Crippen LogP contribution >= 0.6 is 11.8 Å². The summed E-state index contributed by atoms with van der Waals surface area (Å²) < 4.78 is 4.69. The number of allylic oxidation sites excluding steroid dienone is 2. The first kappa shape index (κ1) is 12.9. The van der Waals surface area contributed by atoms with Gasteiger partial charge in [-0.3, -0.25) is 4.79 Å². The van der Waals surface area contributed by atoms with Gasteiger partial charge in [0.25, 0.3) is 0 Å². The third kappa shape index (κ3) is 2.34. The lowest BCUT2D eigenvalue weighted by atomic mass is 10.0. The van der Waals surface area contributed by atoms with Gasteiger partial charge in [0.1, 0.15) is 0 Å². The molecule has 0 aliphatic carbocycles. The molecule has 1 heterocycles. The van der Waals surface area contributed by atoms with E-state index in [4.69, 9.17) is 0 Å². The van der Waals surface area contributed by atoms with Crippen LogP contribution in [0.1, 0.15) is 29.8 Å². The number of fused-ring (bicyclic) bond motifs is 1. The highest BCUT2D eigenvalue weighted by Gasteiger charge is 2.19. The summed E-state index contributed by atoms with van der Waals surface area (Å²) in [6.07, 6.45) is 0.344. The number of thioether (sulfide) groups is 1. The van der Waals surface area contributed by atoms with E-state index in [0.717, 1.165) is 20.9 Å². The maximum absolute atomic E-state index is 12.0. The zero-order chi connectivity index (χ0) is 13.3. The molecule has 0 unspecified atom stereocenters. The molecule has 0 bridgehead atoms. The molecular formula is C14H14O3S. The van der Waals surface area contributed by atoms with Crippen LogP contribution in [0.25, 0.3) is 0 Å². The first-order valence-electron chi connectivity index (χ1n) is 5.62. The topological polar surface area (TPSA) is 43.4 Å². The van der Waals surface area contributed by atoms with Crippen LogP contribution in [0.15, 0.2) is 33.6 Å². The fourth-order valence-corrected chi connectivity index (χ4v) is 2.80. The van der Waals surface area contributed by atoms with Crippen molar-refractivity contribution >= 4 is 23.5 Å². The third-order valence-electron chi connectivity index (χ3n) is 3.04. The first-order chi connectivity index (χ1) is 8.52. The summed E-state index contributed by atoms with van der Waals surface area (Å²) in [6.45, 7) is 3.79. The quantitative estimate of drug-likeness (QED) is 0.730. The van der Waals surface area contributed by atoms with Crippen molar-refractivity contribution in [1.29, 1.82) is 0 Å². The molecule has 2 rings (SSSR count). The van der Waals surface area contributed by atoms with Gasteiger partial charge in [-0.1, -0.05) is 11.8 Å². The zero-order valence-corrected chi connectivity index (χ0v) is 11.4. The summed E-state index contributed by atoms with van der Waals surface area (Å²) in [5.41, 5.74) is 2.18. The highest BCUT2D eigenvalue weighted by atomic mass is 32.2. The third-order valence-corrected chi connectivity index (χ3v) is 4.27. The Morgan fingerprint density at radius 1 is 1.33 bits per heavy atom.